The summed E-state index contributed by atoms with van der Waals surface area (Å²) in [4.78, 5) is 0.130. The van der Waals surface area contributed by atoms with Crippen LogP contribution in [0.4, 0.5) is 5.69 Å². The summed E-state index contributed by atoms with van der Waals surface area (Å²) in [5.74, 6) is 0.681. The molecule has 0 amide bonds. The molecule has 1 heterocycles. The third-order valence-electron chi connectivity index (χ3n) is 3.79. The van der Waals surface area contributed by atoms with E-state index in [1.54, 1.807) is 13.8 Å². The number of anilines is 1. The predicted molar refractivity (Wildman–Crippen MR) is 91.8 cm³/mol. The van der Waals surface area contributed by atoms with Gasteiger partial charge in [0.15, 0.2) is 10.7 Å². The molecule has 7 heteroatoms. The van der Waals surface area contributed by atoms with Crippen molar-refractivity contribution in [2.45, 2.75) is 39.0 Å². The van der Waals surface area contributed by atoms with E-state index in [9.17, 15) is 8.42 Å². The third kappa shape index (κ3) is 3.53. The number of hydrogen-bond acceptors (Lipinski definition) is 4. The summed E-state index contributed by atoms with van der Waals surface area (Å²) in [6.45, 7) is 7.49. The normalized spacial score (nSPS) is 11.7. The quantitative estimate of drug-likeness (QED) is 0.740. The number of aryl methyl sites for hydroxylation is 4. The highest BCUT2D eigenvalue weighted by Gasteiger charge is 2.31. The number of hydrogen-bond donors (Lipinski definition) is 0. The fourth-order valence-corrected chi connectivity index (χ4v) is 4.34. The first-order chi connectivity index (χ1) is 10.8. The molecular formula is C16H21ClN2O3S. The third-order valence-corrected chi connectivity index (χ3v) is 6.13. The van der Waals surface area contributed by atoms with Crippen LogP contribution in [0, 0.1) is 27.7 Å². The van der Waals surface area contributed by atoms with Crippen LogP contribution in [-0.4, -0.2) is 26.0 Å². The number of nitrogens with zero attached hydrogens (tertiary/aromatic N) is 2. The smallest absolute Gasteiger partial charge is 0.269 e. The molecule has 0 radical (unpaired) electrons. The van der Waals surface area contributed by atoms with Gasteiger partial charge in [0.2, 0.25) is 0 Å². The van der Waals surface area contributed by atoms with E-state index in [2.05, 4.69) is 5.16 Å². The molecule has 23 heavy (non-hydrogen) atoms. The molecule has 1 aromatic heterocycles. The zero-order valence-electron chi connectivity index (χ0n) is 13.8. The van der Waals surface area contributed by atoms with Gasteiger partial charge in [-0.25, -0.2) is 8.42 Å². The number of aromatic nitrogens is 1. The summed E-state index contributed by atoms with van der Waals surface area (Å²) in [6.07, 6.45) is 0.553. The van der Waals surface area contributed by atoms with E-state index in [-0.39, 0.29) is 4.90 Å². The minimum atomic E-state index is -3.76. The topological polar surface area (TPSA) is 63.4 Å². The Kier molecular flexibility index (Phi) is 5.37. The monoisotopic (exact) mass is 356 g/mol. The lowest BCUT2D eigenvalue weighted by molar-refractivity contribution is 0.390. The van der Waals surface area contributed by atoms with Crippen LogP contribution in [0.5, 0.6) is 0 Å². The summed E-state index contributed by atoms with van der Waals surface area (Å²) in [5.41, 5.74) is 3.13. The Bertz CT molecular complexity index is 780. The van der Waals surface area contributed by atoms with Gasteiger partial charge in [-0.2, -0.15) is 0 Å². The standard InChI is InChI=1S/C16H21ClN2O3S/c1-11-6-7-15(10-12(11)2)19(9-5-8-17)23(20,21)16-13(3)18-22-14(16)4/h6-7,10H,5,8-9H2,1-4H3. The zero-order chi connectivity index (χ0) is 17.2. The van der Waals surface area contributed by atoms with Crippen molar-refractivity contribution in [3.05, 3.63) is 40.8 Å². The SMILES string of the molecule is Cc1ccc(N(CCCCl)S(=O)(=O)c2c(C)noc2C)cc1C. The Morgan fingerprint density at radius 1 is 1.17 bits per heavy atom. The minimum Gasteiger partial charge on any atom is -0.360 e. The minimum absolute atomic E-state index is 0.130. The first-order valence-corrected chi connectivity index (χ1v) is 9.35. The van der Waals surface area contributed by atoms with Crippen LogP contribution in [0.25, 0.3) is 0 Å². The molecule has 0 saturated carbocycles. The van der Waals surface area contributed by atoms with Crippen molar-refractivity contribution < 1.29 is 12.9 Å². The van der Waals surface area contributed by atoms with Crippen molar-refractivity contribution >= 4 is 27.3 Å². The number of alkyl halides is 1. The molecule has 126 valence electrons. The molecule has 0 saturated heterocycles. The maximum Gasteiger partial charge on any atom is 0.269 e. The molecule has 0 unspecified atom stereocenters. The second-order valence-electron chi connectivity index (χ2n) is 5.54. The molecule has 0 spiro atoms. The fourth-order valence-electron chi connectivity index (χ4n) is 2.43. The van der Waals surface area contributed by atoms with Gasteiger partial charge in [-0.15, -0.1) is 11.6 Å². The molecule has 2 aromatic rings. The molecule has 0 bridgehead atoms. The Morgan fingerprint density at radius 2 is 1.87 bits per heavy atom. The molecule has 0 aliphatic carbocycles. The van der Waals surface area contributed by atoms with Gasteiger partial charge in [-0.3, -0.25) is 4.31 Å². The first kappa shape index (κ1) is 17.8. The van der Waals surface area contributed by atoms with Crippen LogP contribution in [0.2, 0.25) is 0 Å². The van der Waals surface area contributed by atoms with Crippen molar-refractivity contribution in [1.82, 2.24) is 5.16 Å². The van der Waals surface area contributed by atoms with E-state index in [1.165, 1.54) is 4.31 Å². The fraction of sp³-hybridized carbons (Fsp3) is 0.438. The van der Waals surface area contributed by atoms with Gasteiger partial charge in [0.05, 0.1) is 5.69 Å². The lowest BCUT2D eigenvalue weighted by atomic mass is 10.1. The largest absolute Gasteiger partial charge is 0.360 e. The average molecular weight is 357 g/mol. The van der Waals surface area contributed by atoms with E-state index < -0.39 is 10.0 Å². The van der Waals surface area contributed by atoms with E-state index in [1.807, 2.05) is 32.0 Å². The van der Waals surface area contributed by atoms with Gasteiger partial charge in [0.1, 0.15) is 5.69 Å². The van der Waals surface area contributed by atoms with Crippen LogP contribution in [0.15, 0.2) is 27.6 Å². The van der Waals surface area contributed by atoms with Crippen LogP contribution in [-0.2, 0) is 10.0 Å². The highest BCUT2D eigenvalue weighted by molar-refractivity contribution is 7.93. The van der Waals surface area contributed by atoms with E-state index >= 15 is 0 Å². The van der Waals surface area contributed by atoms with E-state index in [4.69, 9.17) is 16.1 Å². The average Bonchev–Trinajstić information content (AvgIpc) is 2.82. The van der Waals surface area contributed by atoms with Gasteiger partial charge in [-0.1, -0.05) is 11.2 Å². The molecule has 0 N–H and O–H groups in total. The van der Waals surface area contributed by atoms with Gasteiger partial charge in [-0.05, 0) is 57.4 Å². The van der Waals surface area contributed by atoms with Gasteiger partial charge in [0, 0.05) is 12.4 Å². The highest BCUT2D eigenvalue weighted by Crippen LogP contribution is 2.29. The maximum atomic E-state index is 13.1. The molecular weight excluding hydrogens is 336 g/mol. The number of rotatable bonds is 6. The Hall–Kier alpha value is -1.53. The van der Waals surface area contributed by atoms with Crippen molar-refractivity contribution in [3.63, 3.8) is 0 Å². The Morgan fingerprint density at radius 3 is 2.39 bits per heavy atom. The molecule has 0 fully saturated rings. The number of sulfonamides is 1. The first-order valence-electron chi connectivity index (χ1n) is 7.38. The van der Waals surface area contributed by atoms with Crippen molar-refractivity contribution in [2.24, 2.45) is 0 Å². The molecule has 1 aromatic carbocycles. The van der Waals surface area contributed by atoms with Gasteiger partial charge in [0.25, 0.3) is 10.0 Å². The summed E-state index contributed by atoms with van der Waals surface area (Å²) in [7, 11) is -3.76. The summed E-state index contributed by atoms with van der Waals surface area (Å²) < 4.78 is 32.7. The highest BCUT2D eigenvalue weighted by atomic mass is 35.5. The lowest BCUT2D eigenvalue weighted by Gasteiger charge is -2.24. The van der Waals surface area contributed by atoms with Crippen LogP contribution in [0.3, 0.4) is 0 Å². The Labute approximate surface area is 142 Å². The molecule has 0 aliphatic heterocycles. The molecule has 5 nitrogen and oxygen atoms in total. The van der Waals surface area contributed by atoms with Crippen LogP contribution < -0.4 is 4.31 Å². The van der Waals surface area contributed by atoms with Crippen LogP contribution in [0.1, 0.15) is 29.0 Å². The second kappa shape index (κ2) is 6.93. The van der Waals surface area contributed by atoms with Crippen LogP contribution >= 0.6 is 11.6 Å². The molecule has 2 rings (SSSR count). The number of benzene rings is 1. The predicted octanol–water partition coefficient (Wildman–Crippen LogP) is 3.73. The lowest BCUT2D eigenvalue weighted by Crippen LogP contribution is -2.33. The van der Waals surface area contributed by atoms with Gasteiger partial charge >= 0.3 is 0 Å². The number of halogens is 1. The zero-order valence-corrected chi connectivity index (χ0v) is 15.3. The molecule has 0 aliphatic rings. The maximum absolute atomic E-state index is 13.1. The summed E-state index contributed by atoms with van der Waals surface area (Å²) in [6, 6.07) is 5.60. The van der Waals surface area contributed by atoms with E-state index in [0.29, 0.717) is 36.0 Å². The van der Waals surface area contributed by atoms with Crippen molar-refractivity contribution in [3.8, 4) is 0 Å². The Balaban J connectivity index is 2.56. The van der Waals surface area contributed by atoms with E-state index in [0.717, 1.165) is 11.1 Å². The van der Waals surface area contributed by atoms with Gasteiger partial charge < -0.3 is 4.52 Å². The summed E-state index contributed by atoms with van der Waals surface area (Å²) >= 11 is 5.77. The van der Waals surface area contributed by atoms with Crippen molar-refractivity contribution in [2.75, 3.05) is 16.7 Å². The molecule has 0 atom stereocenters. The summed E-state index contributed by atoms with van der Waals surface area (Å²) in [5, 5.41) is 3.76. The van der Waals surface area contributed by atoms with Crippen molar-refractivity contribution in [1.29, 1.82) is 0 Å². The second-order valence-corrected chi connectivity index (χ2v) is 7.72.